The molecule has 2 aromatic carbocycles. The van der Waals surface area contributed by atoms with Gasteiger partial charge in [-0.25, -0.2) is 0 Å². The third kappa shape index (κ3) is 2.65. The Kier molecular flexibility index (Phi) is 4.02. The van der Waals surface area contributed by atoms with Crippen molar-refractivity contribution in [1.29, 1.82) is 0 Å². The Morgan fingerprint density at radius 3 is 2.52 bits per heavy atom. The first-order chi connectivity index (χ1) is 11.1. The highest BCUT2D eigenvalue weighted by Gasteiger charge is 2.30. The maximum absolute atomic E-state index is 12.9. The van der Waals surface area contributed by atoms with Crippen molar-refractivity contribution in [3.63, 3.8) is 0 Å². The van der Waals surface area contributed by atoms with Crippen LogP contribution in [0.4, 0.5) is 11.4 Å². The van der Waals surface area contributed by atoms with Gasteiger partial charge in [-0.1, -0.05) is 24.3 Å². The predicted molar refractivity (Wildman–Crippen MR) is 89.1 cm³/mol. The van der Waals surface area contributed by atoms with Crippen molar-refractivity contribution in [1.82, 2.24) is 0 Å². The molecule has 1 aliphatic rings. The molecule has 0 aromatic heterocycles. The van der Waals surface area contributed by atoms with Crippen LogP contribution in [0.1, 0.15) is 16.8 Å². The summed E-state index contributed by atoms with van der Waals surface area (Å²) in [4.78, 5) is 28.4. The lowest BCUT2D eigenvalue weighted by Crippen LogP contribution is -2.32. The number of anilines is 2. The zero-order valence-electron chi connectivity index (χ0n) is 13.2. The zero-order valence-corrected chi connectivity index (χ0v) is 13.2. The number of hydrogen-bond acceptors (Lipinski definition) is 3. The van der Waals surface area contributed by atoms with Gasteiger partial charge >= 0.3 is 0 Å². The largest absolute Gasteiger partial charge is 0.494 e. The van der Waals surface area contributed by atoms with Gasteiger partial charge in [0, 0.05) is 25.6 Å². The molecular formula is C18H18N2O3. The van der Waals surface area contributed by atoms with Gasteiger partial charge in [0.2, 0.25) is 5.91 Å². The van der Waals surface area contributed by atoms with E-state index in [1.54, 1.807) is 42.2 Å². The van der Waals surface area contributed by atoms with E-state index in [0.29, 0.717) is 29.2 Å². The van der Waals surface area contributed by atoms with Crippen LogP contribution in [-0.4, -0.2) is 32.5 Å². The van der Waals surface area contributed by atoms with Crippen molar-refractivity contribution in [3.8, 4) is 5.75 Å². The molecule has 0 N–H and O–H groups in total. The number of fused-ring (bicyclic) bond motifs is 1. The maximum atomic E-state index is 12.9. The molecular weight excluding hydrogens is 292 g/mol. The van der Waals surface area contributed by atoms with Crippen molar-refractivity contribution in [3.05, 3.63) is 54.1 Å². The zero-order chi connectivity index (χ0) is 16.4. The molecule has 0 bridgehead atoms. The van der Waals surface area contributed by atoms with Crippen molar-refractivity contribution in [2.24, 2.45) is 0 Å². The molecule has 23 heavy (non-hydrogen) atoms. The molecule has 0 saturated carbocycles. The Balaban J connectivity index is 2.14. The number of rotatable bonds is 2. The van der Waals surface area contributed by atoms with E-state index in [-0.39, 0.29) is 18.2 Å². The Bertz CT molecular complexity index is 743. The van der Waals surface area contributed by atoms with E-state index < -0.39 is 0 Å². The van der Waals surface area contributed by atoms with Crippen LogP contribution in [0.3, 0.4) is 0 Å². The molecule has 0 radical (unpaired) electrons. The van der Waals surface area contributed by atoms with Gasteiger partial charge in [-0.15, -0.1) is 0 Å². The minimum absolute atomic E-state index is 0.0251. The first kappa shape index (κ1) is 15.1. The quantitative estimate of drug-likeness (QED) is 0.857. The van der Waals surface area contributed by atoms with Gasteiger partial charge in [-0.2, -0.15) is 0 Å². The van der Waals surface area contributed by atoms with E-state index in [1.165, 1.54) is 0 Å². The molecule has 1 aliphatic heterocycles. The van der Waals surface area contributed by atoms with Crippen molar-refractivity contribution < 1.29 is 14.3 Å². The fraction of sp³-hybridized carbons (Fsp3) is 0.222. The van der Waals surface area contributed by atoms with Gasteiger partial charge in [0.15, 0.2) is 0 Å². The van der Waals surface area contributed by atoms with Gasteiger partial charge in [0.25, 0.3) is 5.91 Å². The fourth-order valence-electron chi connectivity index (χ4n) is 2.78. The molecule has 0 atom stereocenters. The molecule has 0 unspecified atom stereocenters. The molecule has 2 aromatic rings. The Morgan fingerprint density at radius 1 is 1.09 bits per heavy atom. The van der Waals surface area contributed by atoms with Crippen LogP contribution in [-0.2, 0) is 4.79 Å². The molecule has 0 spiro atoms. The summed E-state index contributed by atoms with van der Waals surface area (Å²) in [7, 11) is 3.28. The summed E-state index contributed by atoms with van der Waals surface area (Å²) < 4.78 is 5.44. The molecule has 0 aliphatic carbocycles. The fourth-order valence-corrected chi connectivity index (χ4v) is 2.78. The van der Waals surface area contributed by atoms with Crippen LogP contribution in [0.2, 0.25) is 0 Å². The SMILES string of the molecule is COc1cccc2c1N(C(=O)c1ccccc1)CCC(=O)N2C. The highest BCUT2D eigenvalue weighted by atomic mass is 16.5. The first-order valence-electron chi connectivity index (χ1n) is 7.44. The molecule has 5 nitrogen and oxygen atoms in total. The lowest BCUT2D eigenvalue weighted by Gasteiger charge is -2.25. The van der Waals surface area contributed by atoms with E-state index in [0.717, 1.165) is 0 Å². The molecule has 3 rings (SSSR count). The van der Waals surface area contributed by atoms with E-state index in [1.807, 2.05) is 30.3 Å². The monoisotopic (exact) mass is 310 g/mol. The smallest absolute Gasteiger partial charge is 0.258 e. The summed E-state index contributed by atoms with van der Waals surface area (Å²) in [6, 6.07) is 14.5. The lowest BCUT2D eigenvalue weighted by atomic mass is 10.1. The van der Waals surface area contributed by atoms with Crippen molar-refractivity contribution in [2.45, 2.75) is 6.42 Å². The average molecular weight is 310 g/mol. The highest BCUT2D eigenvalue weighted by molar-refractivity contribution is 6.12. The van der Waals surface area contributed by atoms with Crippen LogP contribution in [0.25, 0.3) is 0 Å². The number of amides is 2. The van der Waals surface area contributed by atoms with Gasteiger partial charge in [0.05, 0.1) is 12.8 Å². The normalized spacial score (nSPS) is 14.3. The van der Waals surface area contributed by atoms with Crippen LogP contribution < -0.4 is 14.5 Å². The number of nitrogens with zero attached hydrogens (tertiary/aromatic N) is 2. The Hall–Kier alpha value is -2.82. The third-order valence-electron chi connectivity index (χ3n) is 4.02. The first-order valence-corrected chi connectivity index (χ1v) is 7.44. The summed E-state index contributed by atoms with van der Waals surface area (Å²) in [5.41, 5.74) is 1.90. The summed E-state index contributed by atoms with van der Waals surface area (Å²) in [6.07, 6.45) is 0.271. The molecule has 0 fully saturated rings. The number of carbonyl (C=O) groups is 2. The lowest BCUT2D eigenvalue weighted by molar-refractivity contribution is -0.118. The number of carbonyl (C=O) groups excluding carboxylic acids is 2. The summed E-state index contributed by atoms with van der Waals surface area (Å²) in [5, 5.41) is 0. The van der Waals surface area contributed by atoms with Crippen molar-refractivity contribution in [2.75, 3.05) is 30.5 Å². The maximum Gasteiger partial charge on any atom is 0.258 e. The average Bonchev–Trinajstić information content (AvgIpc) is 2.73. The number of para-hydroxylation sites is 1. The van der Waals surface area contributed by atoms with E-state index >= 15 is 0 Å². The number of benzene rings is 2. The van der Waals surface area contributed by atoms with E-state index in [9.17, 15) is 9.59 Å². The highest BCUT2D eigenvalue weighted by Crippen LogP contribution is 2.40. The minimum Gasteiger partial charge on any atom is -0.494 e. The topological polar surface area (TPSA) is 49.9 Å². The van der Waals surface area contributed by atoms with Crippen molar-refractivity contribution >= 4 is 23.2 Å². The number of hydrogen-bond donors (Lipinski definition) is 0. The molecule has 118 valence electrons. The number of ether oxygens (including phenoxy) is 1. The number of methoxy groups -OCH3 is 1. The molecule has 1 heterocycles. The minimum atomic E-state index is -0.139. The molecule has 5 heteroatoms. The third-order valence-corrected chi connectivity index (χ3v) is 4.02. The van der Waals surface area contributed by atoms with Gasteiger partial charge < -0.3 is 14.5 Å². The predicted octanol–water partition coefficient (Wildman–Crippen LogP) is 2.71. The summed E-state index contributed by atoms with van der Waals surface area (Å²) in [5.74, 6) is 0.413. The molecule has 2 amide bonds. The van der Waals surface area contributed by atoms with Gasteiger partial charge in [-0.3, -0.25) is 9.59 Å². The Morgan fingerprint density at radius 2 is 1.83 bits per heavy atom. The van der Waals surface area contributed by atoms with Crippen LogP contribution >= 0.6 is 0 Å². The standard InChI is InChI=1S/C18H18N2O3/c1-19-14-9-6-10-15(23-2)17(14)20(12-11-16(19)21)18(22)13-7-4-3-5-8-13/h3-10H,11-12H2,1-2H3. The van der Waals surface area contributed by atoms with E-state index in [4.69, 9.17) is 4.74 Å². The second kappa shape index (κ2) is 6.12. The second-order valence-electron chi connectivity index (χ2n) is 5.35. The molecule has 0 saturated heterocycles. The van der Waals surface area contributed by atoms with Gasteiger partial charge in [0.1, 0.15) is 11.4 Å². The van der Waals surface area contributed by atoms with Crippen LogP contribution in [0.15, 0.2) is 48.5 Å². The van der Waals surface area contributed by atoms with E-state index in [2.05, 4.69) is 0 Å². The van der Waals surface area contributed by atoms with Crippen LogP contribution in [0, 0.1) is 0 Å². The van der Waals surface area contributed by atoms with Gasteiger partial charge in [-0.05, 0) is 24.3 Å². The summed E-state index contributed by atoms with van der Waals surface area (Å²) >= 11 is 0. The second-order valence-corrected chi connectivity index (χ2v) is 5.35. The summed E-state index contributed by atoms with van der Waals surface area (Å²) in [6.45, 7) is 0.324. The Labute approximate surface area is 135 Å². The van der Waals surface area contributed by atoms with Crippen LogP contribution in [0.5, 0.6) is 5.75 Å².